The Morgan fingerprint density at radius 2 is 1.96 bits per heavy atom. The molecular formula is C19H19ClN2O4S. The number of phenolic OH excluding ortho intramolecular Hbond substituents is 1. The number of hydrogen-bond donors (Lipinski definition) is 3. The van der Waals surface area contributed by atoms with Crippen LogP contribution in [0.1, 0.15) is 19.3 Å². The summed E-state index contributed by atoms with van der Waals surface area (Å²) in [7, 11) is -3.91. The molecule has 142 valence electrons. The average molecular weight is 407 g/mol. The molecule has 0 radical (unpaired) electrons. The lowest BCUT2D eigenvalue weighted by Gasteiger charge is -2.18. The van der Waals surface area contributed by atoms with Crippen LogP contribution >= 0.6 is 11.6 Å². The van der Waals surface area contributed by atoms with Crippen molar-refractivity contribution >= 4 is 38.9 Å². The summed E-state index contributed by atoms with van der Waals surface area (Å²) in [6.45, 7) is 0. The molecule has 27 heavy (non-hydrogen) atoms. The smallest absolute Gasteiger partial charge is 0.261 e. The van der Waals surface area contributed by atoms with Crippen LogP contribution in [-0.2, 0) is 14.8 Å². The van der Waals surface area contributed by atoms with Crippen LogP contribution in [0.4, 0.5) is 11.4 Å². The van der Waals surface area contributed by atoms with Gasteiger partial charge in [0.25, 0.3) is 10.0 Å². The number of amides is 1. The molecule has 8 heteroatoms. The van der Waals surface area contributed by atoms with Crippen LogP contribution in [-0.4, -0.2) is 19.4 Å². The zero-order valence-electron chi connectivity index (χ0n) is 14.4. The first kappa shape index (κ1) is 19.3. The van der Waals surface area contributed by atoms with E-state index in [0.29, 0.717) is 17.1 Å². The van der Waals surface area contributed by atoms with Crippen LogP contribution in [0.15, 0.2) is 59.5 Å². The molecule has 0 saturated heterocycles. The van der Waals surface area contributed by atoms with Crippen molar-refractivity contribution in [3.63, 3.8) is 0 Å². The number of rotatable bonds is 5. The molecule has 0 bridgehead atoms. The molecule has 3 N–H and O–H groups in total. The summed E-state index contributed by atoms with van der Waals surface area (Å²) in [6.07, 6.45) is 6.14. The van der Waals surface area contributed by atoms with Gasteiger partial charge in [-0.1, -0.05) is 29.8 Å². The fourth-order valence-electron chi connectivity index (χ4n) is 2.82. The van der Waals surface area contributed by atoms with Crippen LogP contribution in [0, 0.1) is 5.92 Å². The van der Waals surface area contributed by atoms with Gasteiger partial charge in [0.1, 0.15) is 5.75 Å². The Kier molecular flexibility index (Phi) is 5.72. The maximum absolute atomic E-state index is 12.6. The molecule has 6 nitrogen and oxygen atoms in total. The van der Waals surface area contributed by atoms with E-state index in [2.05, 4.69) is 10.0 Å². The van der Waals surface area contributed by atoms with E-state index < -0.39 is 10.0 Å². The minimum absolute atomic E-state index is 0.0588. The van der Waals surface area contributed by atoms with Crippen LogP contribution in [0.2, 0.25) is 5.02 Å². The van der Waals surface area contributed by atoms with E-state index in [0.717, 1.165) is 12.8 Å². The topological polar surface area (TPSA) is 95.5 Å². The molecule has 0 unspecified atom stereocenters. The lowest BCUT2D eigenvalue weighted by molar-refractivity contribution is -0.120. The first-order valence-electron chi connectivity index (χ1n) is 8.42. The number of nitrogens with one attached hydrogen (secondary N) is 2. The van der Waals surface area contributed by atoms with E-state index in [4.69, 9.17) is 11.6 Å². The molecule has 0 saturated carbocycles. The van der Waals surface area contributed by atoms with Gasteiger partial charge < -0.3 is 10.4 Å². The summed E-state index contributed by atoms with van der Waals surface area (Å²) in [5.41, 5.74) is 0.374. The second kappa shape index (κ2) is 8.02. The molecule has 1 aliphatic rings. The molecule has 0 aliphatic heterocycles. The van der Waals surface area contributed by atoms with Crippen molar-refractivity contribution in [2.75, 3.05) is 10.0 Å². The highest BCUT2D eigenvalue weighted by atomic mass is 35.5. The van der Waals surface area contributed by atoms with Crippen molar-refractivity contribution in [2.45, 2.75) is 24.2 Å². The number of carbonyl (C=O) groups excluding carboxylic acids is 1. The first-order valence-corrected chi connectivity index (χ1v) is 10.3. The normalized spacial score (nSPS) is 16.7. The third-order valence-corrected chi connectivity index (χ3v) is 5.87. The number of phenols is 1. The highest BCUT2D eigenvalue weighted by molar-refractivity contribution is 7.92. The Morgan fingerprint density at radius 3 is 2.67 bits per heavy atom. The minimum atomic E-state index is -3.91. The molecule has 0 fully saturated rings. The molecule has 0 aromatic heterocycles. The van der Waals surface area contributed by atoms with E-state index in [9.17, 15) is 18.3 Å². The number of sulfonamides is 1. The number of allylic oxidation sites excluding steroid dienone is 2. The zero-order valence-corrected chi connectivity index (χ0v) is 15.9. The van der Waals surface area contributed by atoms with Crippen LogP contribution in [0.5, 0.6) is 5.75 Å². The van der Waals surface area contributed by atoms with Gasteiger partial charge in [-0.3, -0.25) is 9.52 Å². The Labute approximate surface area is 162 Å². The van der Waals surface area contributed by atoms with Crippen molar-refractivity contribution in [3.05, 3.63) is 59.6 Å². The molecule has 1 aliphatic carbocycles. The SMILES string of the molecule is O=C(Nc1cc(S(=O)(=O)Nc2cccc(Cl)c2)ccc1O)[C@@H]1CC=CCC1. The maximum Gasteiger partial charge on any atom is 0.261 e. The Balaban J connectivity index is 1.81. The standard InChI is InChI=1S/C19H19ClN2O4S/c20-14-7-4-8-15(11-14)22-27(25,26)16-9-10-18(23)17(12-16)21-19(24)13-5-2-1-3-6-13/h1-2,4,7-13,22-23H,3,5-6H2,(H,21,24)/t13-/m1/s1. The van der Waals surface area contributed by atoms with E-state index >= 15 is 0 Å². The lowest BCUT2D eigenvalue weighted by Crippen LogP contribution is -2.23. The number of anilines is 2. The van der Waals surface area contributed by atoms with Crippen molar-refractivity contribution in [2.24, 2.45) is 5.92 Å². The number of halogens is 1. The average Bonchev–Trinajstić information content (AvgIpc) is 2.63. The van der Waals surface area contributed by atoms with E-state index in [-0.39, 0.29) is 28.2 Å². The van der Waals surface area contributed by atoms with Crippen LogP contribution < -0.4 is 10.0 Å². The second-order valence-electron chi connectivity index (χ2n) is 6.27. The van der Waals surface area contributed by atoms with Crippen molar-refractivity contribution in [3.8, 4) is 5.75 Å². The van der Waals surface area contributed by atoms with E-state index in [1.807, 2.05) is 12.2 Å². The molecule has 2 aromatic carbocycles. The third-order valence-electron chi connectivity index (χ3n) is 4.25. The van der Waals surface area contributed by atoms with Crippen molar-refractivity contribution in [1.82, 2.24) is 0 Å². The fraction of sp³-hybridized carbons (Fsp3) is 0.211. The predicted molar refractivity (Wildman–Crippen MR) is 105 cm³/mol. The maximum atomic E-state index is 12.6. The molecule has 0 spiro atoms. The summed E-state index contributed by atoms with van der Waals surface area (Å²) in [6, 6.07) is 10.1. The van der Waals surface area contributed by atoms with Gasteiger partial charge in [0, 0.05) is 10.9 Å². The fourth-order valence-corrected chi connectivity index (χ4v) is 4.08. The largest absolute Gasteiger partial charge is 0.506 e. The number of aromatic hydroxyl groups is 1. The third kappa shape index (κ3) is 4.81. The van der Waals surface area contributed by atoms with Crippen LogP contribution in [0.25, 0.3) is 0 Å². The summed E-state index contributed by atoms with van der Waals surface area (Å²) in [5, 5.41) is 13.0. The highest BCUT2D eigenvalue weighted by Gasteiger charge is 2.21. The predicted octanol–water partition coefficient (Wildman–Crippen LogP) is 4.14. The van der Waals surface area contributed by atoms with Gasteiger partial charge in [-0.05, 0) is 55.7 Å². The van der Waals surface area contributed by atoms with Gasteiger partial charge >= 0.3 is 0 Å². The van der Waals surface area contributed by atoms with Gasteiger partial charge in [0.15, 0.2) is 0 Å². The quantitative estimate of drug-likeness (QED) is 0.513. The Morgan fingerprint density at radius 1 is 1.15 bits per heavy atom. The zero-order chi connectivity index (χ0) is 19.4. The summed E-state index contributed by atoms with van der Waals surface area (Å²) < 4.78 is 27.6. The Bertz CT molecular complexity index is 989. The number of carbonyl (C=O) groups is 1. The van der Waals surface area contributed by atoms with Gasteiger partial charge in [-0.15, -0.1) is 0 Å². The monoisotopic (exact) mass is 406 g/mol. The molecular weight excluding hydrogens is 388 g/mol. The van der Waals surface area contributed by atoms with Gasteiger partial charge in [-0.2, -0.15) is 0 Å². The second-order valence-corrected chi connectivity index (χ2v) is 8.38. The highest BCUT2D eigenvalue weighted by Crippen LogP contribution is 2.29. The molecule has 0 heterocycles. The van der Waals surface area contributed by atoms with Crippen molar-refractivity contribution < 1.29 is 18.3 Å². The van der Waals surface area contributed by atoms with Gasteiger partial charge in [0.2, 0.25) is 5.91 Å². The summed E-state index contributed by atoms with van der Waals surface area (Å²) in [4.78, 5) is 12.3. The van der Waals surface area contributed by atoms with Gasteiger partial charge in [-0.25, -0.2) is 8.42 Å². The molecule has 1 amide bonds. The van der Waals surface area contributed by atoms with E-state index in [1.54, 1.807) is 18.2 Å². The number of benzene rings is 2. The summed E-state index contributed by atoms with van der Waals surface area (Å²) in [5.74, 6) is -0.636. The minimum Gasteiger partial charge on any atom is -0.506 e. The van der Waals surface area contributed by atoms with Crippen molar-refractivity contribution in [1.29, 1.82) is 0 Å². The van der Waals surface area contributed by atoms with E-state index in [1.165, 1.54) is 24.3 Å². The summed E-state index contributed by atoms with van der Waals surface area (Å²) >= 11 is 5.88. The molecule has 1 atom stereocenters. The Hall–Kier alpha value is -2.51. The molecule has 2 aromatic rings. The van der Waals surface area contributed by atoms with Crippen LogP contribution in [0.3, 0.4) is 0 Å². The number of hydrogen-bond acceptors (Lipinski definition) is 4. The molecule has 3 rings (SSSR count). The first-order chi connectivity index (χ1) is 12.8. The lowest BCUT2D eigenvalue weighted by atomic mass is 9.93. The van der Waals surface area contributed by atoms with Gasteiger partial charge in [0.05, 0.1) is 16.3 Å².